The van der Waals surface area contributed by atoms with Crippen LogP contribution in [0, 0.1) is 13.8 Å². The van der Waals surface area contributed by atoms with Crippen molar-refractivity contribution in [2.24, 2.45) is 0 Å². The Bertz CT molecular complexity index is 844. The van der Waals surface area contributed by atoms with Gasteiger partial charge in [0.25, 0.3) is 0 Å². The average molecular weight is 348 g/mol. The first-order valence-corrected chi connectivity index (χ1v) is 8.86. The molecule has 26 heavy (non-hydrogen) atoms. The van der Waals surface area contributed by atoms with Gasteiger partial charge in [0.05, 0.1) is 25.0 Å². The lowest BCUT2D eigenvalue weighted by Gasteiger charge is -2.19. The third-order valence-electron chi connectivity index (χ3n) is 4.56. The highest BCUT2D eigenvalue weighted by Crippen LogP contribution is 2.16. The minimum Gasteiger partial charge on any atom is -0.347 e. The Labute approximate surface area is 154 Å². The van der Waals surface area contributed by atoms with E-state index in [4.69, 9.17) is 0 Å². The molecule has 1 N–H and O–H groups in total. The van der Waals surface area contributed by atoms with Crippen LogP contribution < -0.4 is 5.32 Å². The van der Waals surface area contributed by atoms with Crippen molar-refractivity contribution in [2.45, 2.75) is 39.3 Å². The van der Waals surface area contributed by atoms with Crippen molar-refractivity contribution in [3.8, 4) is 0 Å². The van der Waals surface area contributed by atoms with E-state index in [1.165, 1.54) is 16.7 Å². The number of carbonyl (C=O) groups is 1. The van der Waals surface area contributed by atoms with Crippen LogP contribution in [-0.4, -0.2) is 20.9 Å². The Morgan fingerprint density at radius 1 is 1.04 bits per heavy atom. The van der Waals surface area contributed by atoms with Crippen LogP contribution in [0.3, 0.4) is 0 Å². The number of hydrogen-bond acceptors (Lipinski definition) is 3. The van der Waals surface area contributed by atoms with Crippen LogP contribution in [0.1, 0.15) is 34.7 Å². The maximum atomic E-state index is 12.5. The van der Waals surface area contributed by atoms with E-state index in [9.17, 15) is 4.79 Å². The van der Waals surface area contributed by atoms with Gasteiger partial charge >= 0.3 is 0 Å². The Hall–Kier alpha value is -2.95. The molecule has 0 spiro atoms. The van der Waals surface area contributed by atoms with Gasteiger partial charge in [-0.3, -0.25) is 4.79 Å². The Balaban J connectivity index is 1.64. The highest BCUT2D eigenvalue weighted by molar-refractivity contribution is 5.76. The zero-order valence-electron chi connectivity index (χ0n) is 15.2. The maximum Gasteiger partial charge on any atom is 0.220 e. The molecule has 0 saturated heterocycles. The number of aromatic nitrogens is 3. The van der Waals surface area contributed by atoms with E-state index in [-0.39, 0.29) is 11.9 Å². The van der Waals surface area contributed by atoms with Crippen molar-refractivity contribution < 1.29 is 4.79 Å². The predicted octanol–water partition coefficient (Wildman–Crippen LogP) is 3.39. The van der Waals surface area contributed by atoms with E-state index in [0.717, 1.165) is 12.0 Å². The minimum absolute atomic E-state index is 0.0317. The fourth-order valence-electron chi connectivity index (χ4n) is 2.90. The lowest BCUT2D eigenvalue weighted by molar-refractivity contribution is -0.121. The molecule has 0 radical (unpaired) electrons. The summed E-state index contributed by atoms with van der Waals surface area (Å²) in [6.45, 7) is 4.70. The van der Waals surface area contributed by atoms with Gasteiger partial charge in [0.2, 0.25) is 5.91 Å². The normalized spacial score (nSPS) is 11.9. The summed E-state index contributed by atoms with van der Waals surface area (Å²) in [5, 5.41) is 11.4. The van der Waals surface area contributed by atoms with Crippen molar-refractivity contribution in [3.63, 3.8) is 0 Å². The SMILES string of the molecule is Cc1ccc(CCC(=O)NC(Cn2nccn2)c2ccccc2)cc1C. The summed E-state index contributed by atoms with van der Waals surface area (Å²) >= 11 is 0. The molecule has 134 valence electrons. The average Bonchev–Trinajstić information content (AvgIpc) is 3.16. The topological polar surface area (TPSA) is 59.8 Å². The molecule has 1 heterocycles. The molecule has 2 aromatic carbocycles. The van der Waals surface area contributed by atoms with Crippen LogP contribution in [-0.2, 0) is 17.8 Å². The molecule has 0 aliphatic heterocycles. The second-order valence-corrected chi connectivity index (χ2v) is 6.53. The number of nitrogens with one attached hydrogen (secondary N) is 1. The number of amides is 1. The highest BCUT2D eigenvalue weighted by Gasteiger charge is 2.16. The molecule has 0 saturated carbocycles. The van der Waals surface area contributed by atoms with Gasteiger partial charge < -0.3 is 5.32 Å². The standard InChI is InChI=1S/C21H24N4O/c1-16-8-9-18(14-17(16)2)10-11-21(26)24-20(15-25-22-12-13-23-25)19-6-4-3-5-7-19/h3-9,12-14,20H,10-11,15H2,1-2H3,(H,24,26). The van der Waals surface area contributed by atoms with E-state index in [0.29, 0.717) is 13.0 Å². The monoisotopic (exact) mass is 348 g/mol. The summed E-state index contributed by atoms with van der Waals surface area (Å²) in [6, 6.07) is 16.1. The summed E-state index contributed by atoms with van der Waals surface area (Å²) in [6.07, 6.45) is 4.47. The zero-order valence-corrected chi connectivity index (χ0v) is 15.2. The van der Waals surface area contributed by atoms with E-state index in [2.05, 4.69) is 47.6 Å². The van der Waals surface area contributed by atoms with Crippen LogP contribution in [0.4, 0.5) is 0 Å². The molecule has 5 nitrogen and oxygen atoms in total. The van der Waals surface area contributed by atoms with Crippen molar-refractivity contribution >= 4 is 5.91 Å². The Morgan fingerprint density at radius 3 is 2.46 bits per heavy atom. The quantitative estimate of drug-likeness (QED) is 0.712. The number of benzene rings is 2. The van der Waals surface area contributed by atoms with Gasteiger partial charge in [-0.15, -0.1) is 0 Å². The van der Waals surface area contributed by atoms with Crippen molar-refractivity contribution in [1.29, 1.82) is 0 Å². The molecule has 0 fully saturated rings. The first-order valence-electron chi connectivity index (χ1n) is 8.86. The Morgan fingerprint density at radius 2 is 1.77 bits per heavy atom. The maximum absolute atomic E-state index is 12.5. The van der Waals surface area contributed by atoms with Crippen LogP contribution in [0.5, 0.6) is 0 Å². The van der Waals surface area contributed by atoms with Crippen molar-refractivity contribution in [2.75, 3.05) is 0 Å². The smallest absolute Gasteiger partial charge is 0.220 e. The van der Waals surface area contributed by atoms with E-state index in [1.807, 2.05) is 30.3 Å². The summed E-state index contributed by atoms with van der Waals surface area (Å²) in [5.41, 5.74) is 4.77. The molecular formula is C21H24N4O. The summed E-state index contributed by atoms with van der Waals surface area (Å²) in [5.74, 6) is 0.0317. The third-order valence-corrected chi connectivity index (χ3v) is 4.56. The molecule has 3 rings (SSSR count). The van der Waals surface area contributed by atoms with Gasteiger partial charge in [0.15, 0.2) is 0 Å². The van der Waals surface area contributed by atoms with E-state index in [1.54, 1.807) is 17.2 Å². The molecule has 1 amide bonds. The molecular weight excluding hydrogens is 324 g/mol. The molecule has 0 aliphatic carbocycles. The molecule has 5 heteroatoms. The number of nitrogens with zero attached hydrogens (tertiary/aromatic N) is 3. The largest absolute Gasteiger partial charge is 0.347 e. The van der Waals surface area contributed by atoms with Gasteiger partial charge in [0.1, 0.15) is 0 Å². The first kappa shape index (κ1) is 17.9. The molecule has 0 bridgehead atoms. The number of hydrogen-bond donors (Lipinski definition) is 1. The lowest BCUT2D eigenvalue weighted by Crippen LogP contribution is -2.32. The van der Waals surface area contributed by atoms with Crippen LogP contribution in [0.15, 0.2) is 60.9 Å². The highest BCUT2D eigenvalue weighted by atomic mass is 16.1. The van der Waals surface area contributed by atoms with Crippen LogP contribution >= 0.6 is 0 Å². The third kappa shape index (κ3) is 4.79. The van der Waals surface area contributed by atoms with E-state index < -0.39 is 0 Å². The first-order chi connectivity index (χ1) is 12.6. The van der Waals surface area contributed by atoms with Gasteiger partial charge in [-0.1, -0.05) is 48.5 Å². The second-order valence-electron chi connectivity index (χ2n) is 6.53. The predicted molar refractivity (Wildman–Crippen MR) is 102 cm³/mol. The molecule has 1 atom stereocenters. The van der Waals surface area contributed by atoms with Crippen LogP contribution in [0.2, 0.25) is 0 Å². The summed E-state index contributed by atoms with van der Waals surface area (Å²) < 4.78 is 0. The fraction of sp³-hybridized carbons (Fsp3) is 0.286. The Kier molecular flexibility index (Phi) is 5.79. The zero-order chi connectivity index (χ0) is 18.4. The van der Waals surface area contributed by atoms with Gasteiger partial charge in [-0.05, 0) is 42.5 Å². The number of aryl methyl sites for hydroxylation is 3. The van der Waals surface area contributed by atoms with Crippen molar-refractivity contribution in [3.05, 3.63) is 83.2 Å². The van der Waals surface area contributed by atoms with Crippen molar-refractivity contribution in [1.82, 2.24) is 20.3 Å². The minimum atomic E-state index is -0.157. The van der Waals surface area contributed by atoms with Gasteiger partial charge in [-0.2, -0.15) is 15.0 Å². The molecule has 3 aromatic rings. The molecule has 0 aliphatic rings. The summed E-state index contributed by atoms with van der Waals surface area (Å²) in [7, 11) is 0. The molecule has 1 aromatic heterocycles. The lowest BCUT2D eigenvalue weighted by atomic mass is 10.0. The van der Waals surface area contributed by atoms with Gasteiger partial charge in [0, 0.05) is 6.42 Å². The second kappa shape index (κ2) is 8.43. The van der Waals surface area contributed by atoms with Gasteiger partial charge in [-0.25, -0.2) is 0 Å². The summed E-state index contributed by atoms with van der Waals surface area (Å²) in [4.78, 5) is 14.1. The van der Waals surface area contributed by atoms with E-state index >= 15 is 0 Å². The number of carbonyl (C=O) groups excluding carboxylic acids is 1. The molecule has 1 unspecified atom stereocenters. The van der Waals surface area contributed by atoms with Crippen LogP contribution in [0.25, 0.3) is 0 Å². The number of rotatable bonds is 7. The fourth-order valence-corrected chi connectivity index (χ4v) is 2.90.